The normalized spacial score (nSPS) is 11.1. The number of rotatable bonds is 9. The van der Waals surface area contributed by atoms with E-state index >= 15 is 0 Å². The first-order valence-electron chi connectivity index (χ1n) is 11.0. The number of carbonyl (C=O) groups is 1. The third-order valence-electron chi connectivity index (χ3n) is 5.10. The van der Waals surface area contributed by atoms with Crippen LogP contribution in [0.2, 0.25) is 0 Å². The molecule has 7 heteroatoms. The number of carbonyl (C=O) groups excluding carboxylic acids is 1. The molecule has 0 spiro atoms. The summed E-state index contributed by atoms with van der Waals surface area (Å²) in [4.78, 5) is 19.2. The second-order valence-corrected chi connectivity index (χ2v) is 8.65. The molecule has 3 aromatic carbocycles. The lowest BCUT2D eigenvalue weighted by Crippen LogP contribution is -2.28. The first-order valence-corrected chi connectivity index (χ1v) is 12.0. The van der Waals surface area contributed by atoms with Crippen molar-refractivity contribution in [2.75, 3.05) is 27.1 Å². The predicted octanol–water partition coefficient (Wildman–Crippen LogP) is 5.93. The average Bonchev–Trinajstić information content (AvgIpc) is 2.88. The maximum Gasteiger partial charge on any atom is 0.337 e. The van der Waals surface area contributed by atoms with Gasteiger partial charge >= 0.3 is 5.97 Å². The molecule has 0 aliphatic rings. The molecule has 0 unspecified atom stereocenters. The number of aliphatic imine (C=N–C) groups is 1. The van der Waals surface area contributed by atoms with E-state index in [4.69, 9.17) is 19.2 Å². The molecule has 0 aliphatic carbocycles. The number of hydrogen-bond acceptors (Lipinski definition) is 6. The van der Waals surface area contributed by atoms with E-state index in [0.29, 0.717) is 24.3 Å². The monoisotopic (exact) mass is 478 g/mol. The van der Waals surface area contributed by atoms with Gasteiger partial charge in [-0.3, -0.25) is 0 Å². The number of benzene rings is 3. The fraction of sp³-hybridized carbons (Fsp3) is 0.259. The van der Waals surface area contributed by atoms with Gasteiger partial charge in [-0.2, -0.15) is 0 Å². The summed E-state index contributed by atoms with van der Waals surface area (Å²) in [5.41, 5.74) is 3.46. The molecule has 6 nitrogen and oxygen atoms in total. The Balaban J connectivity index is 1.96. The van der Waals surface area contributed by atoms with Crippen molar-refractivity contribution in [2.24, 2.45) is 4.99 Å². The number of hydrogen-bond donors (Lipinski definition) is 0. The van der Waals surface area contributed by atoms with Crippen molar-refractivity contribution in [1.82, 2.24) is 4.90 Å². The zero-order valence-corrected chi connectivity index (χ0v) is 20.8. The quantitative estimate of drug-likeness (QED) is 0.216. The van der Waals surface area contributed by atoms with Crippen LogP contribution in [-0.2, 0) is 17.8 Å². The Kier molecular flexibility index (Phi) is 9.40. The molecule has 0 saturated carbocycles. The topological polar surface area (TPSA) is 60.4 Å². The van der Waals surface area contributed by atoms with Crippen molar-refractivity contribution in [1.29, 1.82) is 0 Å². The van der Waals surface area contributed by atoms with Crippen molar-refractivity contribution >= 4 is 28.6 Å². The third-order valence-corrected chi connectivity index (χ3v) is 6.00. The second-order valence-electron chi connectivity index (χ2n) is 7.42. The molecule has 0 atom stereocenters. The minimum atomic E-state index is -0.380. The van der Waals surface area contributed by atoms with Crippen LogP contribution < -0.4 is 9.47 Å². The van der Waals surface area contributed by atoms with Crippen molar-refractivity contribution in [3.8, 4) is 11.5 Å². The summed E-state index contributed by atoms with van der Waals surface area (Å²) < 4.78 is 15.5. The lowest BCUT2D eigenvalue weighted by Gasteiger charge is -2.26. The van der Waals surface area contributed by atoms with Gasteiger partial charge in [-0.1, -0.05) is 49.0 Å². The molecule has 34 heavy (non-hydrogen) atoms. The molecular weight excluding hydrogens is 448 g/mol. The summed E-state index contributed by atoms with van der Waals surface area (Å²) in [5.74, 6) is 2.12. The summed E-state index contributed by atoms with van der Waals surface area (Å²) >= 11 is 1.66. The highest BCUT2D eigenvalue weighted by Gasteiger charge is 2.15. The van der Waals surface area contributed by atoms with Gasteiger partial charge < -0.3 is 19.1 Å². The summed E-state index contributed by atoms with van der Waals surface area (Å²) in [6, 6.07) is 23.3. The van der Waals surface area contributed by atoms with E-state index in [2.05, 4.69) is 36.1 Å². The van der Waals surface area contributed by atoms with Gasteiger partial charge in [0.15, 0.2) is 5.17 Å². The Morgan fingerprint density at radius 2 is 1.41 bits per heavy atom. The molecule has 0 fully saturated rings. The number of esters is 1. The highest BCUT2D eigenvalue weighted by atomic mass is 32.2. The first-order chi connectivity index (χ1) is 16.6. The summed E-state index contributed by atoms with van der Waals surface area (Å²) in [5, 5.41) is 0.871. The summed E-state index contributed by atoms with van der Waals surface area (Å²) in [7, 11) is 4.70. The number of ether oxygens (including phenoxy) is 3. The van der Waals surface area contributed by atoms with Crippen molar-refractivity contribution in [3.05, 3.63) is 89.5 Å². The zero-order chi connectivity index (χ0) is 24.3. The van der Waals surface area contributed by atoms with Crippen LogP contribution in [0, 0.1) is 0 Å². The molecule has 0 saturated heterocycles. The van der Waals surface area contributed by atoms with E-state index < -0.39 is 0 Å². The molecule has 3 aromatic rings. The zero-order valence-electron chi connectivity index (χ0n) is 20.0. The minimum Gasteiger partial charge on any atom is -0.497 e. The predicted molar refractivity (Wildman–Crippen MR) is 138 cm³/mol. The largest absolute Gasteiger partial charge is 0.497 e. The Morgan fingerprint density at radius 1 is 0.853 bits per heavy atom. The first kappa shape index (κ1) is 25.2. The van der Waals surface area contributed by atoms with Crippen LogP contribution in [0.4, 0.5) is 5.69 Å². The van der Waals surface area contributed by atoms with Gasteiger partial charge in [0.05, 0.1) is 32.6 Å². The molecule has 0 bridgehead atoms. The molecule has 178 valence electrons. The van der Waals surface area contributed by atoms with E-state index in [1.165, 1.54) is 7.11 Å². The third kappa shape index (κ3) is 7.02. The smallest absolute Gasteiger partial charge is 0.337 e. The van der Waals surface area contributed by atoms with Crippen molar-refractivity contribution in [2.45, 2.75) is 20.0 Å². The molecule has 3 rings (SSSR count). The van der Waals surface area contributed by atoms with Crippen LogP contribution in [0.15, 0.2) is 77.8 Å². The molecule has 0 heterocycles. The summed E-state index contributed by atoms with van der Waals surface area (Å²) in [6.45, 7) is 3.43. The molecule has 0 aromatic heterocycles. The van der Waals surface area contributed by atoms with Crippen LogP contribution in [0.3, 0.4) is 0 Å². The van der Waals surface area contributed by atoms with Gasteiger partial charge in [0, 0.05) is 13.1 Å². The van der Waals surface area contributed by atoms with Gasteiger partial charge in [-0.15, -0.1) is 0 Å². The number of amidine groups is 1. The molecule has 0 aliphatic heterocycles. The van der Waals surface area contributed by atoms with Gasteiger partial charge in [0.25, 0.3) is 0 Å². The van der Waals surface area contributed by atoms with Crippen LogP contribution in [0.1, 0.15) is 28.4 Å². The Bertz CT molecular complexity index is 1050. The van der Waals surface area contributed by atoms with Gasteiger partial charge in [-0.25, -0.2) is 9.79 Å². The highest BCUT2D eigenvalue weighted by Crippen LogP contribution is 2.24. The van der Waals surface area contributed by atoms with E-state index in [-0.39, 0.29) is 5.97 Å². The van der Waals surface area contributed by atoms with E-state index in [1.54, 1.807) is 38.1 Å². The Morgan fingerprint density at radius 3 is 1.88 bits per heavy atom. The van der Waals surface area contributed by atoms with E-state index in [1.807, 2.05) is 36.4 Å². The van der Waals surface area contributed by atoms with Gasteiger partial charge in [-0.05, 0) is 59.3 Å². The fourth-order valence-corrected chi connectivity index (χ4v) is 4.09. The summed E-state index contributed by atoms with van der Waals surface area (Å²) in [6.07, 6.45) is 0. The van der Waals surface area contributed by atoms with Gasteiger partial charge in [0.2, 0.25) is 0 Å². The molecule has 0 radical (unpaired) electrons. The Hall–Kier alpha value is -3.45. The van der Waals surface area contributed by atoms with E-state index in [9.17, 15) is 4.79 Å². The fourth-order valence-electron chi connectivity index (χ4n) is 3.35. The maximum atomic E-state index is 12.0. The standard InChI is InChI=1S/C27H30N2O4S/c1-5-34-27(28-23-8-6-7-22(17-23)26(30)33-4)29(18-20-9-13-24(31-2)14-10-20)19-21-11-15-25(32-3)16-12-21/h6-17H,5,18-19H2,1-4H3. The molecular formula is C27H30N2O4S. The van der Waals surface area contributed by atoms with Crippen molar-refractivity contribution < 1.29 is 19.0 Å². The molecule has 0 amide bonds. The van der Waals surface area contributed by atoms with Crippen LogP contribution in [0.5, 0.6) is 11.5 Å². The average molecular weight is 479 g/mol. The van der Waals surface area contributed by atoms with Crippen LogP contribution in [0.25, 0.3) is 0 Å². The number of methoxy groups -OCH3 is 3. The van der Waals surface area contributed by atoms with Crippen LogP contribution >= 0.6 is 11.8 Å². The lowest BCUT2D eigenvalue weighted by atomic mass is 10.1. The highest BCUT2D eigenvalue weighted by molar-refractivity contribution is 8.13. The lowest BCUT2D eigenvalue weighted by molar-refractivity contribution is 0.0600. The Labute approximate surface area is 205 Å². The van der Waals surface area contributed by atoms with Crippen LogP contribution in [-0.4, -0.2) is 43.1 Å². The van der Waals surface area contributed by atoms with Gasteiger partial charge in [0.1, 0.15) is 11.5 Å². The SMILES string of the molecule is CCSC(=Nc1cccc(C(=O)OC)c1)N(Cc1ccc(OC)cc1)Cc1ccc(OC)cc1. The minimum absolute atomic E-state index is 0.380. The maximum absolute atomic E-state index is 12.0. The van der Waals surface area contributed by atoms with Crippen molar-refractivity contribution in [3.63, 3.8) is 0 Å². The van der Waals surface area contributed by atoms with E-state index in [0.717, 1.165) is 33.5 Å². The number of thioether (sulfide) groups is 1. The number of nitrogens with zero attached hydrogens (tertiary/aromatic N) is 2. The molecule has 0 N–H and O–H groups in total. The second kappa shape index (κ2) is 12.7.